The first-order valence-electron chi connectivity index (χ1n) is 6.80. The van der Waals surface area contributed by atoms with Crippen molar-refractivity contribution < 1.29 is 19.0 Å². The van der Waals surface area contributed by atoms with Gasteiger partial charge in [0.25, 0.3) is 0 Å². The van der Waals surface area contributed by atoms with Crippen molar-refractivity contribution in [3.63, 3.8) is 0 Å². The molecule has 3 aromatic rings. The van der Waals surface area contributed by atoms with E-state index in [1.165, 1.54) is 23.9 Å². The van der Waals surface area contributed by atoms with Gasteiger partial charge in [-0.05, 0) is 24.3 Å². The number of benzene rings is 2. The van der Waals surface area contributed by atoms with Crippen LogP contribution in [0.15, 0.2) is 42.5 Å². The molecule has 0 aliphatic rings. The summed E-state index contributed by atoms with van der Waals surface area (Å²) in [5, 5.41) is 17.3. The van der Waals surface area contributed by atoms with Crippen molar-refractivity contribution in [2.75, 3.05) is 7.11 Å². The lowest BCUT2D eigenvalue weighted by Gasteiger charge is -2.09. The number of halogens is 2. The van der Waals surface area contributed by atoms with Crippen LogP contribution in [0.25, 0.3) is 16.9 Å². The highest BCUT2D eigenvalue weighted by Gasteiger charge is 2.22. The SMILES string of the molecule is COc1ccc(-n2nnc(C(=O)O)c2-c2cccc(Cl)c2)cc1F. The summed E-state index contributed by atoms with van der Waals surface area (Å²) in [7, 11) is 1.35. The molecule has 0 fully saturated rings. The first kappa shape index (κ1) is 15.9. The Balaban J connectivity index is 2.22. The summed E-state index contributed by atoms with van der Waals surface area (Å²) < 4.78 is 20.1. The van der Waals surface area contributed by atoms with E-state index in [-0.39, 0.29) is 17.1 Å². The Morgan fingerprint density at radius 2 is 2.08 bits per heavy atom. The van der Waals surface area contributed by atoms with Crippen LogP contribution in [0.4, 0.5) is 4.39 Å². The summed E-state index contributed by atoms with van der Waals surface area (Å²) in [5.41, 5.74) is 0.757. The third-order valence-corrected chi connectivity index (χ3v) is 3.59. The molecule has 2 aromatic carbocycles. The molecule has 24 heavy (non-hydrogen) atoms. The molecule has 8 heteroatoms. The van der Waals surface area contributed by atoms with Crippen molar-refractivity contribution >= 4 is 17.6 Å². The van der Waals surface area contributed by atoms with Crippen molar-refractivity contribution in [3.05, 3.63) is 59.0 Å². The van der Waals surface area contributed by atoms with Crippen LogP contribution in [0.3, 0.4) is 0 Å². The van der Waals surface area contributed by atoms with Gasteiger partial charge < -0.3 is 9.84 Å². The number of ether oxygens (including phenoxy) is 1. The fraction of sp³-hybridized carbons (Fsp3) is 0.0625. The monoisotopic (exact) mass is 347 g/mol. The zero-order chi connectivity index (χ0) is 17.3. The zero-order valence-corrected chi connectivity index (χ0v) is 13.2. The third-order valence-electron chi connectivity index (χ3n) is 3.35. The van der Waals surface area contributed by atoms with Gasteiger partial charge >= 0.3 is 5.97 Å². The van der Waals surface area contributed by atoms with E-state index < -0.39 is 11.8 Å². The summed E-state index contributed by atoms with van der Waals surface area (Å²) in [6.07, 6.45) is 0. The van der Waals surface area contributed by atoms with E-state index in [0.29, 0.717) is 16.3 Å². The second-order valence-corrected chi connectivity index (χ2v) is 5.27. The highest BCUT2D eigenvalue weighted by Crippen LogP contribution is 2.29. The van der Waals surface area contributed by atoms with Crippen LogP contribution in [0.5, 0.6) is 5.75 Å². The average Bonchev–Trinajstić information content (AvgIpc) is 3.00. The first-order valence-corrected chi connectivity index (χ1v) is 7.18. The second kappa shape index (κ2) is 6.29. The zero-order valence-electron chi connectivity index (χ0n) is 12.4. The van der Waals surface area contributed by atoms with E-state index in [1.54, 1.807) is 30.3 Å². The van der Waals surface area contributed by atoms with Crippen LogP contribution < -0.4 is 4.74 Å². The van der Waals surface area contributed by atoms with Crippen molar-refractivity contribution in [1.29, 1.82) is 0 Å². The molecule has 0 amide bonds. The molecule has 1 N–H and O–H groups in total. The summed E-state index contributed by atoms with van der Waals surface area (Å²) in [6.45, 7) is 0. The van der Waals surface area contributed by atoms with Gasteiger partial charge in [-0.25, -0.2) is 13.9 Å². The molecule has 3 rings (SSSR count). The molecule has 0 unspecified atom stereocenters. The van der Waals surface area contributed by atoms with Gasteiger partial charge in [-0.2, -0.15) is 0 Å². The van der Waals surface area contributed by atoms with E-state index in [9.17, 15) is 14.3 Å². The van der Waals surface area contributed by atoms with Crippen molar-refractivity contribution in [3.8, 4) is 22.7 Å². The van der Waals surface area contributed by atoms with E-state index in [4.69, 9.17) is 16.3 Å². The number of carbonyl (C=O) groups is 1. The second-order valence-electron chi connectivity index (χ2n) is 4.83. The van der Waals surface area contributed by atoms with E-state index in [1.807, 2.05) is 0 Å². The van der Waals surface area contributed by atoms with Crippen molar-refractivity contribution in [2.45, 2.75) is 0 Å². The number of carboxylic acids is 1. The molecule has 1 aromatic heterocycles. The maximum Gasteiger partial charge on any atom is 0.358 e. The minimum Gasteiger partial charge on any atom is -0.494 e. The third kappa shape index (κ3) is 2.81. The van der Waals surface area contributed by atoms with Crippen LogP contribution in [0.2, 0.25) is 5.02 Å². The van der Waals surface area contributed by atoms with Gasteiger partial charge in [-0.3, -0.25) is 0 Å². The Morgan fingerprint density at radius 1 is 1.29 bits per heavy atom. The standard InChI is InChI=1S/C16H11ClFN3O3/c1-24-13-6-5-11(8-12(13)18)21-15(14(16(22)23)19-20-21)9-3-2-4-10(17)7-9/h2-8H,1H3,(H,22,23). The number of methoxy groups -OCH3 is 1. The molecule has 0 saturated carbocycles. The van der Waals surface area contributed by atoms with E-state index in [2.05, 4.69) is 10.3 Å². The fourth-order valence-electron chi connectivity index (χ4n) is 2.29. The predicted octanol–water partition coefficient (Wildman–Crippen LogP) is 3.43. The molecule has 0 aliphatic carbocycles. The number of hydrogen-bond donors (Lipinski definition) is 1. The highest BCUT2D eigenvalue weighted by molar-refractivity contribution is 6.30. The number of nitrogens with zero attached hydrogens (tertiary/aromatic N) is 3. The molecular formula is C16H11ClFN3O3. The predicted molar refractivity (Wildman–Crippen MR) is 85.3 cm³/mol. The smallest absolute Gasteiger partial charge is 0.358 e. The Kier molecular flexibility index (Phi) is 4.18. The van der Waals surface area contributed by atoms with Gasteiger partial charge in [0, 0.05) is 16.7 Å². The van der Waals surface area contributed by atoms with Crippen LogP contribution in [0.1, 0.15) is 10.5 Å². The van der Waals surface area contributed by atoms with Crippen LogP contribution in [0, 0.1) is 5.82 Å². The molecular weight excluding hydrogens is 337 g/mol. The van der Waals surface area contributed by atoms with Crippen LogP contribution in [-0.2, 0) is 0 Å². The lowest BCUT2D eigenvalue weighted by Crippen LogP contribution is -2.04. The molecule has 6 nitrogen and oxygen atoms in total. The summed E-state index contributed by atoms with van der Waals surface area (Å²) in [4.78, 5) is 11.4. The molecule has 1 heterocycles. The van der Waals surface area contributed by atoms with Gasteiger partial charge in [-0.15, -0.1) is 5.10 Å². The lowest BCUT2D eigenvalue weighted by atomic mass is 10.1. The number of rotatable bonds is 4. The van der Waals surface area contributed by atoms with Crippen molar-refractivity contribution in [1.82, 2.24) is 15.0 Å². The minimum atomic E-state index is -1.25. The maximum absolute atomic E-state index is 14.0. The Labute approximate surface area is 141 Å². The molecule has 0 aliphatic heterocycles. The van der Waals surface area contributed by atoms with Gasteiger partial charge in [0.1, 0.15) is 5.69 Å². The Morgan fingerprint density at radius 3 is 2.71 bits per heavy atom. The van der Waals surface area contributed by atoms with Crippen molar-refractivity contribution in [2.24, 2.45) is 0 Å². The number of aromatic nitrogens is 3. The molecule has 0 radical (unpaired) electrons. The maximum atomic E-state index is 14.0. The molecule has 0 atom stereocenters. The quantitative estimate of drug-likeness (QED) is 0.782. The number of aromatic carboxylic acids is 1. The van der Waals surface area contributed by atoms with Gasteiger partial charge in [-0.1, -0.05) is 28.9 Å². The van der Waals surface area contributed by atoms with Gasteiger partial charge in [0.15, 0.2) is 17.3 Å². The van der Waals surface area contributed by atoms with Crippen LogP contribution >= 0.6 is 11.6 Å². The Hall–Kier alpha value is -2.93. The highest BCUT2D eigenvalue weighted by atomic mass is 35.5. The molecule has 122 valence electrons. The van der Waals surface area contributed by atoms with Gasteiger partial charge in [0.05, 0.1) is 12.8 Å². The molecule has 0 saturated heterocycles. The normalized spacial score (nSPS) is 10.6. The largest absolute Gasteiger partial charge is 0.494 e. The first-order chi connectivity index (χ1) is 11.5. The topological polar surface area (TPSA) is 77.2 Å². The summed E-state index contributed by atoms with van der Waals surface area (Å²) in [6, 6.07) is 10.8. The Bertz CT molecular complexity index is 927. The molecule has 0 bridgehead atoms. The van der Waals surface area contributed by atoms with Gasteiger partial charge in [0.2, 0.25) is 0 Å². The average molecular weight is 348 g/mol. The number of hydrogen-bond acceptors (Lipinski definition) is 4. The van der Waals surface area contributed by atoms with Crippen LogP contribution in [-0.4, -0.2) is 33.2 Å². The summed E-state index contributed by atoms with van der Waals surface area (Å²) in [5.74, 6) is -1.77. The fourth-order valence-corrected chi connectivity index (χ4v) is 2.48. The summed E-state index contributed by atoms with van der Waals surface area (Å²) >= 11 is 5.98. The molecule has 0 spiro atoms. The van der Waals surface area contributed by atoms with E-state index >= 15 is 0 Å². The lowest BCUT2D eigenvalue weighted by molar-refractivity contribution is 0.0691. The minimum absolute atomic E-state index is 0.0710. The van der Waals surface area contributed by atoms with E-state index in [0.717, 1.165) is 0 Å². The number of carboxylic acid groups (broad SMARTS) is 1.